The Morgan fingerprint density at radius 2 is 2.09 bits per heavy atom. The van der Waals surface area contributed by atoms with Gasteiger partial charge in [0.05, 0.1) is 23.4 Å². The summed E-state index contributed by atoms with van der Waals surface area (Å²) in [6, 6.07) is 11.7. The van der Waals surface area contributed by atoms with Gasteiger partial charge in [-0.15, -0.1) is 0 Å². The van der Waals surface area contributed by atoms with Gasteiger partial charge in [-0.05, 0) is 31.2 Å². The first-order valence-corrected chi connectivity index (χ1v) is 7.04. The molecule has 5 nitrogen and oxygen atoms in total. The number of hydrogen-bond donors (Lipinski definition) is 2. The van der Waals surface area contributed by atoms with Crippen molar-refractivity contribution >= 4 is 23.7 Å². The number of halogens is 1. The molecule has 0 aliphatic carbocycles. The van der Waals surface area contributed by atoms with Gasteiger partial charge in [0.1, 0.15) is 0 Å². The van der Waals surface area contributed by atoms with Gasteiger partial charge in [-0.1, -0.05) is 29.8 Å². The first kappa shape index (κ1) is 15.9. The molecule has 0 saturated heterocycles. The van der Waals surface area contributed by atoms with E-state index in [9.17, 15) is 9.90 Å². The van der Waals surface area contributed by atoms with Crippen molar-refractivity contribution in [2.24, 2.45) is 5.10 Å². The van der Waals surface area contributed by atoms with Gasteiger partial charge in [-0.2, -0.15) is 5.10 Å². The fourth-order valence-corrected chi connectivity index (χ4v) is 2.00. The highest BCUT2D eigenvalue weighted by Gasteiger charge is 2.09. The Morgan fingerprint density at radius 1 is 1.32 bits per heavy atom. The zero-order chi connectivity index (χ0) is 15.9. The van der Waals surface area contributed by atoms with Crippen molar-refractivity contribution in [3.63, 3.8) is 0 Å². The van der Waals surface area contributed by atoms with Crippen molar-refractivity contribution in [3.05, 3.63) is 58.6 Å². The second-order valence-corrected chi connectivity index (χ2v) is 4.71. The summed E-state index contributed by atoms with van der Waals surface area (Å²) in [5.41, 5.74) is 3.12. The number of carbonyl (C=O) groups is 1. The molecule has 0 bridgehead atoms. The standard InChI is InChI=1S/C16H15ClN2O3/c1-2-22-14-9-5-6-11(15(14)20)10-18-19-16(21)12-7-3-4-8-13(12)17/h3-10,20H,2H2,1H3,(H,19,21)/b18-10-. The van der Waals surface area contributed by atoms with Gasteiger partial charge in [0, 0.05) is 5.56 Å². The SMILES string of the molecule is CCOc1cccc(/C=N\NC(=O)c2ccccc2Cl)c1O. The number of benzene rings is 2. The molecule has 2 rings (SSSR count). The lowest BCUT2D eigenvalue weighted by Gasteiger charge is -2.07. The van der Waals surface area contributed by atoms with Gasteiger partial charge in [0.2, 0.25) is 0 Å². The van der Waals surface area contributed by atoms with Crippen molar-refractivity contribution in [1.29, 1.82) is 0 Å². The molecule has 0 spiro atoms. The maximum atomic E-state index is 11.9. The van der Waals surface area contributed by atoms with E-state index in [0.717, 1.165) is 0 Å². The van der Waals surface area contributed by atoms with E-state index in [-0.39, 0.29) is 5.75 Å². The summed E-state index contributed by atoms with van der Waals surface area (Å²) < 4.78 is 5.27. The van der Waals surface area contributed by atoms with Crippen molar-refractivity contribution < 1.29 is 14.6 Å². The van der Waals surface area contributed by atoms with Crippen LogP contribution in [-0.4, -0.2) is 23.8 Å². The highest BCUT2D eigenvalue weighted by molar-refractivity contribution is 6.33. The second-order valence-electron chi connectivity index (χ2n) is 4.31. The molecule has 2 aromatic rings. The molecule has 0 unspecified atom stereocenters. The smallest absolute Gasteiger partial charge is 0.272 e. The first-order chi connectivity index (χ1) is 10.6. The molecule has 2 N–H and O–H groups in total. The summed E-state index contributed by atoms with van der Waals surface area (Å²) in [6.07, 6.45) is 1.34. The Hall–Kier alpha value is -2.53. The molecule has 0 aliphatic heterocycles. The van der Waals surface area contributed by atoms with E-state index in [2.05, 4.69) is 10.5 Å². The number of ether oxygens (including phenoxy) is 1. The van der Waals surface area contributed by atoms with E-state index >= 15 is 0 Å². The normalized spacial score (nSPS) is 10.6. The maximum absolute atomic E-state index is 11.9. The van der Waals surface area contributed by atoms with Crippen LogP contribution in [0.3, 0.4) is 0 Å². The van der Waals surface area contributed by atoms with Crippen molar-refractivity contribution in [2.45, 2.75) is 6.92 Å². The van der Waals surface area contributed by atoms with Crippen LogP contribution in [0.1, 0.15) is 22.8 Å². The average Bonchev–Trinajstić information content (AvgIpc) is 2.51. The number of amides is 1. The third-order valence-electron chi connectivity index (χ3n) is 2.82. The molecule has 0 heterocycles. The third kappa shape index (κ3) is 3.77. The first-order valence-electron chi connectivity index (χ1n) is 6.66. The van der Waals surface area contributed by atoms with E-state index in [4.69, 9.17) is 16.3 Å². The minimum atomic E-state index is -0.428. The number of carbonyl (C=O) groups excluding carboxylic acids is 1. The Morgan fingerprint density at radius 3 is 2.82 bits per heavy atom. The number of hydrazone groups is 1. The summed E-state index contributed by atoms with van der Waals surface area (Å²) in [7, 11) is 0. The highest BCUT2D eigenvalue weighted by Crippen LogP contribution is 2.28. The van der Waals surface area contributed by atoms with E-state index in [1.54, 1.807) is 42.5 Å². The monoisotopic (exact) mass is 318 g/mol. The minimum absolute atomic E-state index is 0.0277. The topological polar surface area (TPSA) is 70.9 Å². The molecule has 22 heavy (non-hydrogen) atoms. The second kappa shape index (κ2) is 7.47. The largest absolute Gasteiger partial charge is 0.504 e. The molecule has 0 aliphatic rings. The van der Waals surface area contributed by atoms with E-state index < -0.39 is 5.91 Å². The molecule has 0 aromatic heterocycles. The molecule has 114 valence electrons. The average molecular weight is 319 g/mol. The Kier molecular flexibility index (Phi) is 5.38. The van der Waals surface area contributed by atoms with Crippen LogP contribution in [0, 0.1) is 0 Å². The van der Waals surface area contributed by atoms with E-state index in [1.165, 1.54) is 6.21 Å². The molecule has 0 saturated carbocycles. The van der Waals surface area contributed by atoms with Crippen LogP contribution in [0.25, 0.3) is 0 Å². The molecule has 0 radical (unpaired) electrons. The number of rotatable bonds is 5. The third-order valence-corrected chi connectivity index (χ3v) is 3.15. The van der Waals surface area contributed by atoms with E-state index in [0.29, 0.717) is 28.5 Å². The maximum Gasteiger partial charge on any atom is 0.272 e. The van der Waals surface area contributed by atoms with Gasteiger partial charge in [-0.25, -0.2) is 5.43 Å². The number of phenolic OH excluding ortho intramolecular Hbond substituents is 1. The number of nitrogens with one attached hydrogen (secondary N) is 1. The molecular formula is C16H15ClN2O3. The Labute approximate surface area is 133 Å². The van der Waals surface area contributed by atoms with Gasteiger partial charge in [0.15, 0.2) is 11.5 Å². The van der Waals surface area contributed by atoms with Gasteiger partial charge >= 0.3 is 0 Å². The van der Waals surface area contributed by atoms with Gasteiger partial charge in [0.25, 0.3) is 5.91 Å². The summed E-state index contributed by atoms with van der Waals surface area (Å²) in [4.78, 5) is 11.9. The molecular weight excluding hydrogens is 304 g/mol. The number of phenols is 1. The van der Waals surface area contributed by atoms with Gasteiger partial charge < -0.3 is 9.84 Å². The summed E-state index contributed by atoms with van der Waals surface area (Å²) in [5, 5.41) is 14.2. The molecule has 0 atom stereocenters. The molecule has 2 aromatic carbocycles. The fourth-order valence-electron chi connectivity index (χ4n) is 1.78. The number of aromatic hydroxyl groups is 1. The van der Waals surface area contributed by atoms with E-state index in [1.807, 2.05) is 6.92 Å². The lowest BCUT2D eigenvalue weighted by molar-refractivity contribution is 0.0955. The molecule has 1 amide bonds. The highest BCUT2D eigenvalue weighted by atomic mass is 35.5. The Bertz CT molecular complexity index is 702. The van der Waals surface area contributed by atoms with Crippen molar-refractivity contribution in [2.75, 3.05) is 6.61 Å². The van der Waals surface area contributed by atoms with Crippen LogP contribution in [-0.2, 0) is 0 Å². The molecule has 6 heteroatoms. The van der Waals surface area contributed by atoms with Crippen molar-refractivity contribution in [1.82, 2.24) is 5.43 Å². The lowest BCUT2D eigenvalue weighted by atomic mass is 10.2. The number of para-hydroxylation sites is 1. The zero-order valence-corrected chi connectivity index (χ0v) is 12.7. The van der Waals surface area contributed by atoms with Crippen LogP contribution in [0.2, 0.25) is 5.02 Å². The quantitative estimate of drug-likeness (QED) is 0.657. The van der Waals surface area contributed by atoms with Crippen LogP contribution in [0.4, 0.5) is 0 Å². The minimum Gasteiger partial charge on any atom is -0.504 e. The predicted octanol–water partition coefficient (Wildman–Crippen LogP) is 3.21. The number of nitrogens with zero attached hydrogens (tertiary/aromatic N) is 1. The van der Waals surface area contributed by atoms with Crippen LogP contribution in [0.15, 0.2) is 47.6 Å². The number of hydrogen-bond acceptors (Lipinski definition) is 4. The summed E-state index contributed by atoms with van der Waals surface area (Å²) >= 11 is 5.93. The predicted molar refractivity (Wildman–Crippen MR) is 85.8 cm³/mol. The van der Waals surface area contributed by atoms with Crippen LogP contribution >= 0.6 is 11.6 Å². The summed E-state index contributed by atoms with van der Waals surface area (Å²) in [5.74, 6) is -0.0914. The zero-order valence-electron chi connectivity index (χ0n) is 11.9. The van der Waals surface area contributed by atoms with Crippen LogP contribution in [0.5, 0.6) is 11.5 Å². The van der Waals surface area contributed by atoms with Gasteiger partial charge in [-0.3, -0.25) is 4.79 Å². The Balaban J connectivity index is 2.09. The van der Waals surface area contributed by atoms with Crippen LogP contribution < -0.4 is 10.2 Å². The lowest BCUT2D eigenvalue weighted by Crippen LogP contribution is -2.17. The fraction of sp³-hybridized carbons (Fsp3) is 0.125. The summed E-state index contributed by atoms with van der Waals surface area (Å²) in [6.45, 7) is 2.27. The van der Waals surface area contributed by atoms with Crippen molar-refractivity contribution in [3.8, 4) is 11.5 Å². The molecule has 0 fully saturated rings.